The molecule has 0 amide bonds. The van der Waals surface area contributed by atoms with Gasteiger partial charge in [0, 0.05) is 11.1 Å². The first-order valence-electron chi connectivity index (χ1n) is 21.1. The molecular formula is C46H82N2+2. The van der Waals surface area contributed by atoms with Crippen LogP contribution in [-0.2, 0) is 13.1 Å². The predicted octanol–water partition coefficient (Wildman–Crippen LogP) is 13.9. The van der Waals surface area contributed by atoms with Crippen LogP contribution in [0.1, 0.15) is 179 Å². The fourth-order valence-corrected chi connectivity index (χ4v) is 7.51. The zero-order valence-electron chi connectivity index (χ0n) is 33.3. The molecule has 0 aliphatic rings. The van der Waals surface area contributed by atoms with E-state index in [4.69, 9.17) is 0 Å². The molecule has 0 saturated carbocycles. The lowest BCUT2D eigenvalue weighted by atomic mass is 10.0. The van der Waals surface area contributed by atoms with Gasteiger partial charge in [0.2, 0.25) is 0 Å². The molecule has 0 heterocycles. The first-order chi connectivity index (χ1) is 23.2. The average molecular weight is 663 g/mol. The standard InChI is InChI=1S/C46H82N2/c1-7-9-11-13-15-17-19-21-23-25-27-29-39-47(3,4)41-43-31-35-45(36-32-43)46-37-33-44(34-38-46)42-48(5,6)40-30-28-26-24-22-20-18-16-14-12-10-8-2/h31-38H,7-30,39-42H2,1-6H3/q+2. The highest BCUT2D eigenvalue weighted by atomic mass is 15.3. The maximum atomic E-state index is 2.41. The molecule has 0 aliphatic carbocycles. The summed E-state index contributed by atoms with van der Waals surface area (Å²) in [5.74, 6) is 0. The van der Waals surface area contributed by atoms with Gasteiger partial charge in [0.25, 0.3) is 0 Å². The van der Waals surface area contributed by atoms with Crippen LogP contribution < -0.4 is 0 Å². The topological polar surface area (TPSA) is 0 Å². The van der Waals surface area contributed by atoms with Gasteiger partial charge in [-0.15, -0.1) is 0 Å². The van der Waals surface area contributed by atoms with Crippen molar-refractivity contribution in [1.82, 2.24) is 0 Å². The van der Waals surface area contributed by atoms with Gasteiger partial charge >= 0.3 is 0 Å². The van der Waals surface area contributed by atoms with E-state index in [1.807, 2.05) is 0 Å². The second kappa shape index (κ2) is 26.2. The van der Waals surface area contributed by atoms with Gasteiger partial charge in [-0.1, -0.05) is 191 Å². The summed E-state index contributed by atoms with van der Waals surface area (Å²) in [6.07, 6.45) is 34.1. The monoisotopic (exact) mass is 663 g/mol. The minimum Gasteiger partial charge on any atom is -0.325 e. The molecule has 2 rings (SSSR count). The van der Waals surface area contributed by atoms with Crippen LogP contribution in [0.4, 0.5) is 0 Å². The maximum Gasteiger partial charge on any atom is 0.104 e. The van der Waals surface area contributed by atoms with E-state index in [1.54, 1.807) is 0 Å². The van der Waals surface area contributed by atoms with Crippen LogP contribution in [-0.4, -0.2) is 50.2 Å². The molecule has 0 saturated heterocycles. The van der Waals surface area contributed by atoms with E-state index in [9.17, 15) is 0 Å². The Morgan fingerprint density at radius 1 is 0.312 bits per heavy atom. The summed E-state index contributed by atoms with van der Waals surface area (Å²) >= 11 is 0. The normalized spacial score (nSPS) is 12.2. The molecule has 274 valence electrons. The minimum atomic E-state index is 1.08. The summed E-state index contributed by atoms with van der Waals surface area (Å²) in [6, 6.07) is 18.8. The SMILES string of the molecule is CCCCCCCCCCCCCC[N+](C)(C)Cc1ccc(-c2ccc(C[N+](C)(C)CCCCCCCCCCCCCC)cc2)cc1. The van der Waals surface area contributed by atoms with Gasteiger partial charge in [0.1, 0.15) is 13.1 Å². The van der Waals surface area contributed by atoms with Crippen molar-refractivity contribution >= 4 is 0 Å². The molecule has 2 nitrogen and oxygen atoms in total. The van der Waals surface area contributed by atoms with Crippen molar-refractivity contribution < 1.29 is 8.97 Å². The Balaban J connectivity index is 1.60. The molecule has 0 unspecified atom stereocenters. The number of unbranched alkanes of at least 4 members (excludes halogenated alkanes) is 22. The fourth-order valence-electron chi connectivity index (χ4n) is 7.51. The van der Waals surface area contributed by atoms with Crippen molar-refractivity contribution in [2.24, 2.45) is 0 Å². The highest BCUT2D eigenvalue weighted by molar-refractivity contribution is 5.63. The van der Waals surface area contributed by atoms with Crippen molar-refractivity contribution in [2.75, 3.05) is 41.3 Å². The van der Waals surface area contributed by atoms with E-state index < -0.39 is 0 Å². The van der Waals surface area contributed by atoms with Gasteiger partial charge in [-0.3, -0.25) is 0 Å². The summed E-state index contributed by atoms with van der Waals surface area (Å²) in [7, 11) is 9.62. The van der Waals surface area contributed by atoms with Crippen LogP contribution in [0.25, 0.3) is 11.1 Å². The molecule has 2 heteroatoms. The van der Waals surface area contributed by atoms with E-state index in [-0.39, 0.29) is 0 Å². The Morgan fingerprint density at radius 3 is 0.792 bits per heavy atom. The Labute approximate surface area is 301 Å². The van der Waals surface area contributed by atoms with Crippen molar-refractivity contribution in [3.8, 4) is 11.1 Å². The molecule has 0 aliphatic heterocycles. The molecule has 0 radical (unpaired) electrons. The highest BCUT2D eigenvalue weighted by Gasteiger charge is 2.17. The lowest BCUT2D eigenvalue weighted by molar-refractivity contribution is -0.903. The Kier molecular flexibility index (Phi) is 23.2. The smallest absolute Gasteiger partial charge is 0.104 e. The molecule has 0 aromatic heterocycles. The van der Waals surface area contributed by atoms with E-state index in [0.717, 1.165) is 22.1 Å². The largest absolute Gasteiger partial charge is 0.325 e. The van der Waals surface area contributed by atoms with Gasteiger partial charge in [-0.2, -0.15) is 0 Å². The molecule has 0 spiro atoms. The van der Waals surface area contributed by atoms with Gasteiger partial charge < -0.3 is 8.97 Å². The summed E-state index contributed by atoms with van der Waals surface area (Å²) in [5, 5.41) is 0. The van der Waals surface area contributed by atoms with E-state index in [0.29, 0.717) is 0 Å². The third-order valence-corrected chi connectivity index (χ3v) is 10.7. The van der Waals surface area contributed by atoms with Crippen molar-refractivity contribution in [3.63, 3.8) is 0 Å². The Hall–Kier alpha value is -1.64. The summed E-state index contributed by atoms with van der Waals surface area (Å²) in [5.41, 5.74) is 5.58. The number of rotatable bonds is 31. The highest BCUT2D eigenvalue weighted by Crippen LogP contribution is 2.23. The molecule has 0 atom stereocenters. The molecule has 48 heavy (non-hydrogen) atoms. The first-order valence-corrected chi connectivity index (χ1v) is 21.1. The third-order valence-electron chi connectivity index (χ3n) is 10.7. The van der Waals surface area contributed by atoms with Gasteiger partial charge in [0.15, 0.2) is 0 Å². The van der Waals surface area contributed by atoms with E-state index >= 15 is 0 Å². The number of quaternary nitrogens is 2. The minimum absolute atomic E-state index is 1.08. The molecular weight excluding hydrogens is 581 g/mol. The number of hydrogen-bond donors (Lipinski definition) is 0. The summed E-state index contributed by atoms with van der Waals surface area (Å²) < 4.78 is 2.16. The Morgan fingerprint density at radius 2 is 0.542 bits per heavy atom. The molecule has 0 N–H and O–H groups in total. The zero-order chi connectivity index (χ0) is 34.8. The average Bonchev–Trinajstić information content (AvgIpc) is 3.06. The molecule has 0 fully saturated rings. The van der Waals surface area contributed by atoms with Gasteiger partial charge in [-0.05, 0) is 36.8 Å². The lowest BCUT2D eigenvalue weighted by Gasteiger charge is -2.30. The summed E-state index contributed by atoms with van der Waals surface area (Å²) in [4.78, 5) is 0. The molecule has 2 aromatic carbocycles. The zero-order valence-corrected chi connectivity index (χ0v) is 33.3. The van der Waals surface area contributed by atoms with Crippen LogP contribution in [0.2, 0.25) is 0 Å². The lowest BCUT2D eigenvalue weighted by Crippen LogP contribution is -2.39. The van der Waals surface area contributed by atoms with Crippen molar-refractivity contribution in [2.45, 2.75) is 181 Å². The van der Waals surface area contributed by atoms with Crippen LogP contribution >= 0.6 is 0 Å². The van der Waals surface area contributed by atoms with Crippen LogP contribution in [0.15, 0.2) is 48.5 Å². The van der Waals surface area contributed by atoms with Crippen molar-refractivity contribution in [3.05, 3.63) is 59.7 Å². The van der Waals surface area contributed by atoms with E-state index in [2.05, 4.69) is 90.6 Å². The molecule has 0 bridgehead atoms. The third kappa shape index (κ3) is 21.4. The van der Waals surface area contributed by atoms with E-state index in [1.165, 1.54) is 189 Å². The van der Waals surface area contributed by atoms with Gasteiger partial charge in [0.05, 0.1) is 41.3 Å². The maximum absolute atomic E-state index is 2.41. The quantitative estimate of drug-likeness (QED) is 0.0557. The second-order valence-electron chi connectivity index (χ2n) is 16.8. The van der Waals surface area contributed by atoms with Crippen LogP contribution in [0.3, 0.4) is 0 Å². The predicted molar refractivity (Wildman–Crippen MR) is 215 cm³/mol. The first kappa shape index (κ1) is 42.5. The molecule has 2 aromatic rings. The number of hydrogen-bond acceptors (Lipinski definition) is 0. The number of nitrogens with zero attached hydrogens (tertiary/aromatic N) is 2. The van der Waals surface area contributed by atoms with Crippen LogP contribution in [0.5, 0.6) is 0 Å². The summed E-state index contributed by atoms with van der Waals surface area (Å²) in [6.45, 7) is 9.38. The Bertz CT molecular complexity index is 920. The fraction of sp³-hybridized carbons (Fsp3) is 0.739. The number of benzene rings is 2. The second-order valence-corrected chi connectivity index (χ2v) is 16.8. The van der Waals surface area contributed by atoms with Gasteiger partial charge in [-0.25, -0.2) is 0 Å². The van der Waals surface area contributed by atoms with Crippen molar-refractivity contribution in [1.29, 1.82) is 0 Å². The van der Waals surface area contributed by atoms with Crippen LogP contribution in [0, 0.1) is 0 Å².